The maximum Gasteiger partial charge on any atom is 0.223 e. The normalized spacial score (nSPS) is 33.0. The van der Waals surface area contributed by atoms with Crippen molar-refractivity contribution in [1.29, 1.82) is 0 Å². The molecule has 2 N–H and O–H groups in total. The van der Waals surface area contributed by atoms with Crippen LogP contribution in [-0.2, 0) is 19.0 Å². The number of aliphatic hydroxyl groups excluding tert-OH is 1. The molecule has 5 atom stereocenters. The molecule has 2 fully saturated rings. The van der Waals surface area contributed by atoms with E-state index in [9.17, 15) is 9.90 Å². The number of ether oxygens (including phenoxy) is 5. The molecule has 1 amide bonds. The number of hydrogen-bond donors (Lipinski definition) is 2. The summed E-state index contributed by atoms with van der Waals surface area (Å²) in [6.45, 7) is 5.15. The van der Waals surface area contributed by atoms with Crippen molar-refractivity contribution in [2.45, 2.75) is 57.2 Å². The minimum Gasteiger partial charge on any atom is -0.497 e. The summed E-state index contributed by atoms with van der Waals surface area (Å²) in [6, 6.07) is 6.21. The SMILES string of the molecule is COc1cccc(O[C@@H]2O[C@@H]3COC(C)(C)O[C@H]3[C@H](O)[C@H]2NC(C)=O)c1. The van der Waals surface area contributed by atoms with Crippen LogP contribution in [0.3, 0.4) is 0 Å². The summed E-state index contributed by atoms with van der Waals surface area (Å²) in [6.07, 6.45) is -3.08. The summed E-state index contributed by atoms with van der Waals surface area (Å²) in [5.74, 6) is -0.0267. The van der Waals surface area contributed by atoms with Crippen molar-refractivity contribution in [2.75, 3.05) is 13.7 Å². The van der Waals surface area contributed by atoms with Crippen LogP contribution in [0.4, 0.5) is 0 Å². The van der Waals surface area contributed by atoms with E-state index in [4.69, 9.17) is 23.7 Å². The highest BCUT2D eigenvalue weighted by Gasteiger charge is 2.52. The Hall–Kier alpha value is -1.87. The van der Waals surface area contributed by atoms with E-state index in [-0.39, 0.29) is 12.5 Å². The molecule has 0 aromatic heterocycles. The first-order valence-corrected chi connectivity index (χ1v) is 8.52. The van der Waals surface area contributed by atoms with Gasteiger partial charge < -0.3 is 34.1 Å². The maximum absolute atomic E-state index is 11.6. The van der Waals surface area contributed by atoms with Gasteiger partial charge in [-0.2, -0.15) is 0 Å². The first kappa shape index (κ1) is 18.9. The second kappa shape index (κ2) is 7.40. The van der Waals surface area contributed by atoms with Gasteiger partial charge in [-0.1, -0.05) is 6.07 Å². The van der Waals surface area contributed by atoms with Crippen molar-refractivity contribution >= 4 is 5.91 Å². The van der Waals surface area contributed by atoms with Crippen LogP contribution in [0.25, 0.3) is 0 Å². The van der Waals surface area contributed by atoms with Gasteiger partial charge in [-0.15, -0.1) is 0 Å². The van der Waals surface area contributed by atoms with Crippen LogP contribution >= 0.6 is 0 Å². The lowest BCUT2D eigenvalue weighted by molar-refractivity contribution is -0.361. The molecule has 8 nitrogen and oxygen atoms in total. The second-order valence-corrected chi connectivity index (χ2v) is 6.85. The van der Waals surface area contributed by atoms with E-state index in [1.165, 1.54) is 6.92 Å². The molecule has 0 spiro atoms. The monoisotopic (exact) mass is 367 g/mol. The molecule has 2 saturated heterocycles. The first-order valence-electron chi connectivity index (χ1n) is 8.52. The van der Waals surface area contributed by atoms with E-state index in [0.29, 0.717) is 11.5 Å². The predicted molar refractivity (Wildman–Crippen MR) is 90.8 cm³/mol. The van der Waals surface area contributed by atoms with Gasteiger partial charge in [-0.25, -0.2) is 0 Å². The third-order valence-corrected chi connectivity index (χ3v) is 4.35. The summed E-state index contributed by atoms with van der Waals surface area (Å²) in [5.41, 5.74) is 0. The number of amides is 1. The van der Waals surface area contributed by atoms with E-state index in [2.05, 4.69) is 5.32 Å². The molecule has 0 aliphatic carbocycles. The van der Waals surface area contributed by atoms with Crippen molar-refractivity contribution in [3.8, 4) is 11.5 Å². The van der Waals surface area contributed by atoms with Crippen molar-refractivity contribution in [2.24, 2.45) is 0 Å². The summed E-state index contributed by atoms with van der Waals surface area (Å²) in [7, 11) is 1.56. The van der Waals surface area contributed by atoms with Crippen LogP contribution in [0.15, 0.2) is 24.3 Å². The zero-order valence-corrected chi connectivity index (χ0v) is 15.3. The fourth-order valence-corrected chi connectivity index (χ4v) is 3.14. The van der Waals surface area contributed by atoms with Gasteiger partial charge in [0.25, 0.3) is 0 Å². The zero-order valence-electron chi connectivity index (χ0n) is 15.3. The quantitative estimate of drug-likeness (QED) is 0.813. The summed E-state index contributed by atoms with van der Waals surface area (Å²) < 4.78 is 28.5. The van der Waals surface area contributed by atoms with Gasteiger partial charge in [0, 0.05) is 13.0 Å². The third kappa shape index (κ3) is 4.09. The molecule has 8 heteroatoms. The van der Waals surface area contributed by atoms with Gasteiger partial charge in [0.15, 0.2) is 5.79 Å². The van der Waals surface area contributed by atoms with E-state index < -0.39 is 36.4 Å². The number of fused-ring (bicyclic) bond motifs is 1. The summed E-state index contributed by atoms with van der Waals surface area (Å²) >= 11 is 0. The Bertz CT molecular complexity index is 650. The number of hydrogen-bond acceptors (Lipinski definition) is 7. The Balaban J connectivity index is 1.81. The smallest absolute Gasteiger partial charge is 0.223 e. The average molecular weight is 367 g/mol. The molecular formula is C18H25NO7. The molecule has 2 heterocycles. The first-order chi connectivity index (χ1) is 12.3. The molecule has 0 bridgehead atoms. The van der Waals surface area contributed by atoms with Crippen LogP contribution in [0.2, 0.25) is 0 Å². The molecule has 2 aliphatic heterocycles. The fourth-order valence-electron chi connectivity index (χ4n) is 3.14. The van der Waals surface area contributed by atoms with Gasteiger partial charge >= 0.3 is 0 Å². The minimum absolute atomic E-state index is 0.249. The standard InChI is InChI=1S/C18H25NO7/c1-10(20)19-14-15(21)16-13(9-23-18(2,3)26-16)25-17(14)24-12-7-5-6-11(8-12)22-4/h5-8,13-17,21H,9H2,1-4H3,(H,19,20)/t13-,14-,15-,16-,17-/m1/s1. The number of carbonyl (C=O) groups excluding carboxylic acids is 1. The Kier molecular flexibility index (Phi) is 5.38. The van der Waals surface area contributed by atoms with Crippen LogP contribution in [0, 0.1) is 0 Å². The van der Waals surface area contributed by atoms with Crippen molar-refractivity contribution in [3.05, 3.63) is 24.3 Å². The Morgan fingerprint density at radius 1 is 1.35 bits per heavy atom. The molecule has 1 aromatic carbocycles. The van der Waals surface area contributed by atoms with Crippen LogP contribution < -0.4 is 14.8 Å². The summed E-state index contributed by atoms with van der Waals surface area (Å²) in [5, 5.41) is 13.5. The third-order valence-electron chi connectivity index (χ3n) is 4.35. The molecule has 26 heavy (non-hydrogen) atoms. The average Bonchev–Trinajstić information content (AvgIpc) is 2.58. The Morgan fingerprint density at radius 3 is 2.77 bits per heavy atom. The van der Waals surface area contributed by atoms with E-state index >= 15 is 0 Å². The van der Waals surface area contributed by atoms with Gasteiger partial charge in [0.1, 0.15) is 35.9 Å². The van der Waals surface area contributed by atoms with E-state index in [1.54, 1.807) is 45.2 Å². The minimum atomic E-state index is -1.02. The molecule has 144 valence electrons. The van der Waals surface area contributed by atoms with Gasteiger partial charge in [-0.3, -0.25) is 4.79 Å². The number of carbonyl (C=O) groups is 1. The van der Waals surface area contributed by atoms with Gasteiger partial charge in [-0.05, 0) is 26.0 Å². The predicted octanol–water partition coefficient (Wildman–Crippen LogP) is 0.816. The zero-order chi connectivity index (χ0) is 18.9. The maximum atomic E-state index is 11.6. The van der Waals surface area contributed by atoms with E-state index in [1.807, 2.05) is 0 Å². The highest BCUT2D eigenvalue weighted by atomic mass is 16.8. The van der Waals surface area contributed by atoms with Crippen LogP contribution in [-0.4, -0.2) is 61.2 Å². The lowest BCUT2D eigenvalue weighted by atomic mass is 9.95. The van der Waals surface area contributed by atoms with Crippen LogP contribution in [0.1, 0.15) is 20.8 Å². The lowest BCUT2D eigenvalue weighted by Gasteiger charge is -2.49. The van der Waals surface area contributed by atoms with Crippen molar-refractivity contribution < 1.29 is 33.6 Å². The Morgan fingerprint density at radius 2 is 2.08 bits per heavy atom. The van der Waals surface area contributed by atoms with Crippen molar-refractivity contribution in [1.82, 2.24) is 5.32 Å². The molecule has 2 aliphatic rings. The number of methoxy groups -OCH3 is 1. The van der Waals surface area contributed by atoms with Gasteiger partial charge in [0.05, 0.1) is 13.7 Å². The van der Waals surface area contributed by atoms with Gasteiger partial charge in [0.2, 0.25) is 12.2 Å². The number of rotatable bonds is 4. The number of benzene rings is 1. The molecule has 0 saturated carbocycles. The van der Waals surface area contributed by atoms with E-state index in [0.717, 1.165) is 0 Å². The second-order valence-electron chi connectivity index (χ2n) is 6.85. The largest absolute Gasteiger partial charge is 0.497 e. The number of nitrogens with one attached hydrogen (secondary N) is 1. The Labute approximate surface area is 152 Å². The topological polar surface area (TPSA) is 95.5 Å². The molecule has 1 aromatic rings. The molecule has 0 unspecified atom stereocenters. The summed E-state index contributed by atoms with van der Waals surface area (Å²) in [4.78, 5) is 11.6. The molecule has 0 radical (unpaired) electrons. The highest BCUT2D eigenvalue weighted by molar-refractivity contribution is 5.73. The molecular weight excluding hydrogens is 342 g/mol. The van der Waals surface area contributed by atoms with Crippen molar-refractivity contribution in [3.63, 3.8) is 0 Å². The lowest BCUT2D eigenvalue weighted by Crippen LogP contribution is -2.69. The fraction of sp³-hybridized carbons (Fsp3) is 0.611. The molecule has 3 rings (SSSR count). The highest BCUT2D eigenvalue weighted by Crippen LogP contribution is 2.33. The number of aliphatic hydroxyl groups is 1. The van der Waals surface area contributed by atoms with Crippen LogP contribution in [0.5, 0.6) is 11.5 Å².